The Morgan fingerprint density at radius 3 is 2.67 bits per heavy atom. The molecule has 84 valence electrons. The van der Waals surface area contributed by atoms with Crippen molar-refractivity contribution < 1.29 is 0 Å². The minimum absolute atomic E-state index is 0.523. The van der Waals surface area contributed by atoms with Crippen LogP contribution in [-0.4, -0.2) is 28.0 Å². The lowest BCUT2D eigenvalue weighted by Crippen LogP contribution is -2.28. The molecule has 15 heavy (non-hydrogen) atoms. The van der Waals surface area contributed by atoms with E-state index in [1.165, 1.54) is 0 Å². The van der Waals surface area contributed by atoms with Gasteiger partial charge in [0.25, 0.3) is 0 Å². The zero-order chi connectivity index (χ0) is 11.4. The number of hydrogen-bond acceptors (Lipinski definition) is 3. The van der Waals surface area contributed by atoms with Crippen LogP contribution in [0.15, 0.2) is 6.07 Å². The van der Waals surface area contributed by atoms with Crippen LogP contribution in [0, 0.1) is 6.92 Å². The summed E-state index contributed by atoms with van der Waals surface area (Å²) in [5.74, 6) is 0.794. The number of aryl methyl sites for hydroxylation is 1. The first-order chi connectivity index (χ1) is 7.02. The molecule has 0 bridgehead atoms. The van der Waals surface area contributed by atoms with Gasteiger partial charge in [-0.2, -0.15) is 0 Å². The van der Waals surface area contributed by atoms with Crippen LogP contribution in [-0.2, 0) is 6.54 Å². The molecule has 1 aromatic heterocycles. The van der Waals surface area contributed by atoms with Crippen LogP contribution < -0.4 is 0 Å². The quantitative estimate of drug-likeness (QED) is 0.741. The summed E-state index contributed by atoms with van der Waals surface area (Å²) in [5, 5.41) is 0.523. The molecule has 3 nitrogen and oxygen atoms in total. The van der Waals surface area contributed by atoms with Crippen molar-refractivity contribution in [3.63, 3.8) is 0 Å². The maximum absolute atomic E-state index is 5.88. The number of aromatic nitrogens is 2. The van der Waals surface area contributed by atoms with Crippen LogP contribution >= 0.6 is 11.6 Å². The highest BCUT2D eigenvalue weighted by Crippen LogP contribution is 2.09. The third kappa shape index (κ3) is 3.76. The Hall–Kier alpha value is -0.670. The van der Waals surface area contributed by atoms with E-state index in [0.29, 0.717) is 11.2 Å². The van der Waals surface area contributed by atoms with Gasteiger partial charge in [-0.25, -0.2) is 9.97 Å². The molecule has 0 aliphatic rings. The van der Waals surface area contributed by atoms with E-state index >= 15 is 0 Å². The molecule has 1 atom stereocenters. The third-order valence-electron chi connectivity index (χ3n) is 2.60. The van der Waals surface area contributed by atoms with E-state index in [1.807, 2.05) is 6.92 Å². The molecule has 0 spiro atoms. The summed E-state index contributed by atoms with van der Waals surface area (Å²) in [6.07, 6.45) is 1.12. The molecule has 0 radical (unpaired) electrons. The molecule has 0 saturated heterocycles. The van der Waals surface area contributed by atoms with Crippen LogP contribution in [0.1, 0.15) is 31.8 Å². The van der Waals surface area contributed by atoms with Gasteiger partial charge in [0.05, 0.1) is 6.54 Å². The molecule has 4 heteroatoms. The summed E-state index contributed by atoms with van der Waals surface area (Å²) in [6.45, 7) is 7.04. The van der Waals surface area contributed by atoms with Gasteiger partial charge >= 0.3 is 0 Å². The zero-order valence-electron chi connectivity index (χ0n) is 9.79. The van der Waals surface area contributed by atoms with Crippen molar-refractivity contribution in [1.29, 1.82) is 0 Å². The first-order valence-electron chi connectivity index (χ1n) is 5.23. The van der Waals surface area contributed by atoms with E-state index in [9.17, 15) is 0 Å². The Morgan fingerprint density at radius 2 is 2.13 bits per heavy atom. The van der Waals surface area contributed by atoms with Gasteiger partial charge in [0.2, 0.25) is 0 Å². The fourth-order valence-electron chi connectivity index (χ4n) is 1.35. The molecule has 0 aromatic carbocycles. The summed E-state index contributed by atoms with van der Waals surface area (Å²) >= 11 is 5.88. The van der Waals surface area contributed by atoms with Gasteiger partial charge in [0.15, 0.2) is 0 Å². The number of nitrogens with zero attached hydrogens (tertiary/aromatic N) is 3. The maximum atomic E-state index is 5.88. The average Bonchev–Trinajstić information content (AvgIpc) is 2.14. The minimum Gasteiger partial charge on any atom is -0.296 e. The second-order valence-electron chi connectivity index (χ2n) is 3.92. The first kappa shape index (κ1) is 12.4. The van der Waals surface area contributed by atoms with Crippen molar-refractivity contribution in [2.45, 2.75) is 39.8 Å². The number of rotatable bonds is 4. The lowest BCUT2D eigenvalue weighted by Gasteiger charge is -2.22. The topological polar surface area (TPSA) is 29.0 Å². The third-order valence-corrected chi connectivity index (χ3v) is 2.80. The molecule has 1 heterocycles. The van der Waals surface area contributed by atoms with Crippen molar-refractivity contribution in [3.05, 3.63) is 22.7 Å². The molecule has 0 fully saturated rings. The molecule has 1 rings (SSSR count). The van der Waals surface area contributed by atoms with Crippen LogP contribution in [0.4, 0.5) is 0 Å². The SMILES string of the molecule is CCC(C)N(C)Cc1nc(C)cc(Cl)n1. The number of hydrogen-bond donors (Lipinski definition) is 0. The smallest absolute Gasteiger partial charge is 0.144 e. The van der Waals surface area contributed by atoms with Gasteiger partial charge < -0.3 is 0 Å². The second kappa shape index (κ2) is 5.42. The predicted octanol–water partition coefficient (Wildman–Crippen LogP) is 2.67. The summed E-state index contributed by atoms with van der Waals surface area (Å²) in [4.78, 5) is 10.8. The second-order valence-corrected chi connectivity index (χ2v) is 4.31. The summed E-state index contributed by atoms with van der Waals surface area (Å²) in [5.41, 5.74) is 0.919. The predicted molar refractivity (Wildman–Crippen MR) is 63.0 cm³/mol. The van der Waals surface area contributed by atoms with E-state index in [4.69, 9.17) is 11.6 Å². The molecule has 1 unspecified atom stereocenters. The molecule has 0 aliphatic heterocycles. The van der Waals surface area contributed by atoms with Crippen LogP contribution in [0.3, 0.4) is 0 Å². The van der Waals surface area contributed by atoms with E-state index < -0.39 is 0 Å². The van der Waals surface area contributed by atoms with Crippen LogP contribution in [0.5, 0.6) is 0 Å². The van der Waals surface area contributed by atoms with Crippen molar-refractivity contribution in [1.82, 2.24) is 14.9 Å². The molecular weight excluding hydrogens is 210 g/mol. The molecule has 0 saturated carbocycles. The van der Waals surface area contributed by atoms with Crippen LogP contribution in [0.2, 0.25) is 5.15 Å². The Morgan fingerprint density at radius 1 is 1.47 bits per heavy atom. The fourth-order valence-corrected chi connectivity index (χ4v) is 1.61. The molecule has 1 aromatic rings. The van der Waals surface area contributed by atoms with Gasteiger partial charge in [0.1, 0.15) is 11.0 Å². The van der Waals surface area contributed by atoms with E-state index in [-0.39, 0.29) is 0 Å². The van der Waals surface area contributed by atoms with Crippen molar-refractivity contribution >= 4 is 11.6 Å². The Kier molecular flexibility index (Phi) is 4.48. The highest BCUT2D eigenvalue weighted by atomic mass is 35.5. The Balaban J connectivity index is 2.72. The largest absolute Gasteiger partial charge is 0.296 e. The first-order valence-corrected chi connectivity index (χ1v) is 5.61. The molecular formula is C11H18ClN3. The standard InChI is InChI=1S/C11H18ClN3/c1-5-9(3)15(4)7-11-13-8(2)6-10(12)14-11/h6,9H,5,7H2,1-4H3. The summed E-state index contributed by atoms with van der Waals surface area (Å²) in [6, 6.07) is 2.31. The van der Waals surface area contributed by atoms with E-state index in [2.05, 4.69) is 35.8 Å². The molecule has 0 amide bonds. The molecule has 0 aliphatic carbocycles. The van der Waals surface area contributed by atoms with Crippen molar-refractivity contribution in [2.75, 3.05) is 7.05 Å². The fraction of sp³-hybridized carbons (Fsp3) is 0.636. The normalized spacial score (nSPS) is 13.2. The highest BCUT2D eigenvalue weighted by molar-refractivity contribution is 6.29. The minimum atomic E-state index is 0.523. The van der Waals surface area contributed by atoms with E-state index in [0.717, 1.165) is 24.5 Å². The Labute approximate surface area is 96.5 Å². The highest BCUT2D eigenvalue weighted by Gasteiger charge is 2.09. The maximum Gasteiger partial charge on any atom is 0.144 e. The van der Waals surface area contributed by atoms with Gasteiger partial charge in [-0.1, -0.05) is 18.5 Å². The van der Waals surface area contributed by atoms with Crippen molar-refractivity contribution in [3.8, 4) is 0 Å². The van der Waals surface area contributed by atoms with Crippen LogP contribution in [0.25, 0.3) is 0 Å². The summed E-state index contributed by atoms with van der Waals surface area (Å²) in [7, 11) is 2.08. The van der Waals surface area contributed by atoms with Gasteiger partial charge in [-0.3, -0.25) is 4.90 Å². The summed E-state index contributed by atoms with van der Waals surface area (Å²) < 4.78 is 0. The lowest BCUT2D eigenvalue weighted by atomic mass is 10.2. The zero-order valence-corrected chi connectivity index (χ0v) is 10.5. The van der Waals surface area contributed by atoms with E-state index in [1.54, 1.807) is 6.07 Å². The Bertz CT molecular complexity index is 307. The number of halogens is 1. The van der Waals surface area contributed by atoms with Gasteiger partial charge in [-0.15, -0.1) is 0 Å². The lowest BCUT2D eigenvalue weighted by molar-refractivity contribution is 0.238. The van der Waals surface area contributed by atoms with Gasteiger partial charge in [-0.05, 0) is 33.4 Å². The van der Waals surface area contributed by atoms with Crippen molar-refractivity contribution in [2.24, 2.45) is 0 Å². The van der Waals surface area contributed by atoms with Gasteiger partial charge in [0, 0.05) is 11.7 Å². The average molecular weight is 228 g/mol. The molecule has 0 N–H and O–H groups in total. The monoisotopic (exact) mass is 227 g/mol.